The van der Waals surface area contributed by atoms with Gasteiger partial charge in [0.1, 0.15) is 6.04 Å². The van der Waals surface area contributed by atoms with E-state index in [1.54, 1.807) is 6.92 Å². The van der Waals surface area contributed by atoms with Gasteiger partial charge in [-0.25, -0.2) is 0 Å². The second kappa shape index (κ2) is 7.63. The number of nitrogens with one attached hydrogen (secondary N) is 1. The van der Waals surface area contributed by atoms with Gasteiger partial charge >= 0.3 is 5.97 Å². The van der Waals surface area contributed by atoms with E-state index in [1.807, 2.05) is 0 Å². The van der Waals surface area contributed by atoms with Crippen molar-refractivity contribution in [1.29, 1.82) is 0 Å². The van der Waals surface area contributed by atoms with Crippen LogP contribution < -0.4 is 5.32 Å². The molecule has 0 saturated heterocycles. The van der Waals surface area contributed by atoms with E-state index >= 15 is 0 Å². The minimum absolute atomic E-state index is 0.150. The van der Waals surface area contributed by atoms with Crippen LogP contribution in [0.15, 0.2) is 0 Å². The minimum atomic E-state index is -0.264. The maximum absolute atomic E-state index is 11.1. The SMILES string of the molecule is CCC(C)(CCO)CCN[C@H](C)C(=O)OC. The average Bonchev–Trinajstić information content (AvgIpc) is 2.28. The van der Waals surface area contributed by atoms with E-state index in [9.17, 15) is 4.79 Å². The Balaban J connectivity index is 3.90. The predicted octanol–water partition coefficient (Wildman–Crippen LogP) is 1.33. The third-order valence-electron chi connectivity index (χ3n) is 3.30. The lowest BCUT2D eigenvalue weighted by Gasteiger charge is -2.28. The number of aliphatic hydroxyl groups excluding tert-OH is 1. The van der Waals surface area contributed by atoms with Gasteiger partial charge in [0, 0.05) is 6.61 Å². The van der Waals surface area contributed by atoms with Gasteiger partial charge in [-0.1, -0.05) is 20.3 Å². The highest BCUT2D eigenvalue weighted by atomic mass is 16.5. The molecule has 2 N–H and O–H groups in total. The number of carbonyl (C=O) groups excluding carboxylic acids is 1. The molecule has 0 radical (unpaired) electrons. The molecule has 4 nitrogen and oxygen atoms in total. The fourth-order valence-electron chi connectivity index (χ4n) is 1.60. The van der Waals surface area contributed by atoms with Gasteiger partial charge in [0.2, 0.25) is 0 Å². The summed E-state index contributed by atoms with van der Waals surface area (Å²) >= 11 is 0. The Morgan fingerprint density at radius 3 is 2.56 bits per heavy atom. The molecule has 0 bridgehead atoms. The Labute approximate surface area is 98.4 Å². The largest absolute Gasteiger partial charge is 0.468 e. The predicted molar refractivity (Wildman–Crippen MR) is 64.2 cm³/mol. The van der Waals surface area contributed by atoms with Crippen molar-refractivity contribution in [1.82, 2.24) is 5.32 Å². The van der Waals surface area contributed by atoms with Crippen LogP contribution in [0.4, 0.5) is 0 Å². The van der Waals surface area contributed by atoms with Gasteiger partial charge in [0.05, 0.1) is 7.11 Å². The summed E-state index contributed by atoms with van der Waals surface area (Å²) in [5.74, 6) is -0.236. The average molecular weight is 231 g/mol. The molecule has 0 aliphatic carbocycles. The fourth-order valence-corrected chi connectivity index (χ4v) is 1.60. The van der Waals surface area contributed by atoms with Gasteiger partial charge < -0.3 is 15.2 Å². The summed E-state index contributed by atoms with van der Waals surface area (Å²) in [4.78, 5) is 11.1. The van der Waals surface area contributed by atoms with Crippen molar-refractivity contribution in [3.05, 3.63) is 0 Å². The van der Waals surface area contributed by atoms with Crippen molar-refractivity contribution in [3.8, 4) is 0 Å². The molecule has 96 valence electrons. The number of methoxy groups -OCH3 is 1. The topological polar surface area (TPSA) is 58.6 Å². The lowest BCUT2D eigenvalue weighted by molar-refractivity contribution is -0.142. The molecular formula is C12H25NO3. The summed E-state index contributed by atoms with van der Waals surface area (Å²) < 4.78 is 4.63. The van der Waals surface area contributed by atoms with Crippen LogP contribution in [0.1, 0.15) is 40.0 Å². The maximum Gasteiger partial charge on any atom is 0.322 e. The minimum Gasteiger partial charge on any atom is -0.468 e. The molecule has 0 aromatic rings. The van der Waals surface area contributed by atoms with E-state index < -0.39 is 0 Å². The van der Waals surface area contributed by atoms with Crippen molar-refractivity contribution in [2.45, 2.75) is 46.1 Å². The summed E-state index contributed by atoms with van der Waals surface area (Å²) in [5, 5.41) is 12.1. The Hall–Kier alpha value is -0.610. The van der Waals surface area contributed by atoms with Crippen molar-refractivity contribution in [2.75, 3.05) is 20.3 Å². The van der Waals surface area contributed by atoms with E-state index in [0.29, 0.717) is 0 Å². The zero-order chi connectivity index (χ0) is 12.6. The number of rotatable bonds is 8. The standard InChI is InChI=1S/C12H25NO3/c1-5-12(3,7-9-14)6-8-13-10(2)11(15)16-4/h10,13-14H,5-9H2,1-4H3/t10-,12?/m1/s1. The van der Waals surface area contributed by atoms with Crippen LogP contribution in [0.5, 0.6) is 0 Å². The van der Waals surface area contributed by atoms with Gasteiger partial charge in [-0.15, -0.1) is 0 Å². The summed E-state index contributed by atoms with van der Waals surface area (Å²) in [5.41, 5.74) is 0.150. The third-order valence-corrected chi connectivity index (χ3v) is 3.30. The molecule has 0 spiro atoms. The van der Waals surface area contributed by atoms with E-state index in [-0.39, 0.29) is 24.0 Å². The van der Waals surface area contributed by atoms with E-state index in [4.69, 9.17) is 5.11 Å². The molecule has 0 saturated carbocycles. The summed E-state index contributed by atoms with van der Waals surface area (Å²) in [6.07, 6.45) is 2.78. The smallest absolute Gasteiger partial charge is 0.322 e. The zero-order valence-corrected chi connectivity index (χ0v) is 10.9. The molecule has 1 unspecified atom stereocenters. The third kappa shape index (κ3) is 5.47. The first-order valence-corrected chi connectivity index (χ1v) is 5.91. The second-order valence-corrected chi connectivity index (χ2v) is 4.59. The highest BCUT2D eigenvalue weighted by molar-refractivity contribution is 5.74. The zero-order valence-electron chi connectivity index (χ0n) is 10.9. The van der Waals surface area contributed by atoms with E-state index in [2.05, 4.69) is 23.9 Å². The Morgan fingerprint density at radius 1 is 1.50 bits per heavy atom. The number of hydrogen-bond donors (Lipinski definition) is 2. The number of carbonyl (C=O) groups is 1. The number of aliphatic hydroxyl groups is 1. The second-order valence-electron chi connectivity index (χ2n) is 4.59. The molecule has 0 fully saturated rings. The molecule has 4 heteroatoms. The fraction of sp³-hybridized carbons (Fsp3) is 0.917. The first-order chi connectivity index (χ1) is 7.49. The summed E-state index contributed by atoms with van der Waals surface area (Å²) in [7, 11) is 1.39. The molecule has 0 aliphatic rings. The van der Waals surface area contributed by atoms with Crippen LogP contribution in [0, 0.1) is 5.41 Å². The van der Waals surface area contributed by atoms with Crippen LogP contribution in [0.3, 0.4) is 0 Å². The molecule has 0 aromatic carbocycles. The van der Waals surface area contributed by atoms with Gasteiger partial charge in [0.15, 0.2) is 0 Å². The molecule has 0 amide bonds. The van der Waals surface area contributed by atoms with Crippen LogP contribution in [0.2, 0.25) is 0 Å². The lowest BCUT2D eigenvalue weighted by Crippen LogP contribution is -2.37. The molecular weight excluding hydrogens is 206 g/mol. The summed E-state index contributed by atoms with van der Waals surface area (Å²) in [6.45, 7) is 7.06. The molecule has 0 aliphatic heterocycles. The molecule has 0 heterocycles. The van der Waals surface area contributed by atoms with Crippen molar-refractivity contribution in [2.24, 2.45) is 5.41 Å². The molecule has 2 atom stereocenters. The maximum atomic E-state index is 11.1. The van der Waals surface area contributed by atoms with Gasteiger partial charge in [-0.3, -0.25) is 4.79 Å². The van der Waals surface area contributed by atoms with Crippen LogP contribution >= 0.6 is 0 Å². The molecule has 0 aromatic heterocycles. The van der Waals surface area contributed by atoms with E-state index in [0.717, 1.165) is 25.8 Å². The first kappa shape index (κ1) is 15.4. The number of ether oxygens (including phenoxy) is 1. The monoisotopic (exact) mass is 231 g/mol. The van der Waals surface area contributed by atoms with Crippen molar-refractivity contribution >= 4 is 5.97 Å². The Morgan fingerprint density at radius 2 is 2.12 bits per heavy atom. The summed E-state index contributed by atoms with van der Waals surface area (Å²) in [6, 6.07) is -0.264. The van der Waals surface area contributed by atoms with Crippen LogP contribution in [-0.2, 0) is 9.53 Å². The van der Waals surface area contributed by atoms with E-state index in [1.165, 1.54) is 7.11 Å². The van der Waals surface area contributed by atoms with Crippen molar-refractivity contribution in [3.63, 3.8) is 0 Å². The lowest BCUT2D eigenvalue weighted by atomic mass is 9.81. The van der Waals surface area contributed by atoms with Gasteiger partial charge in [-0.05, 0) is 31.7 Å². The van der Waals surface area contributed by atoms with Gasteiger partial charge in [0.25, 0.3) is 0 Å². The van der Waals surface area contributed by atoms with Crippen molar-refractivity contribution < 1.29 is 14.6 Å². The highest BCUT2D eigenvalue weighted by Crippen LogP contribution is 2.28. The van der Waals surface area contributed by atoms with Crippen LogP contribution in [0.25, 0.3) is 0 Å². The number of esters is 1. The van der Waals surface area contributed by atoms with Crippen LogP contribution in [-0.4, -0.2) is 37.4 Å². The Bertz CT molecular complexity index is 208. The highest BCUT2D eigenvalue weighted by Gasteiger charge is 2.21. The quantitative estimate of drug-likeness (QED) is 0.619. The molecule has 16 heavy (non-hydrogen) atoms. The Kier molecular flexibility index (Phi) is 7.34. The molecule has 0 rings (SSSR count). The normalized spacial score (nSPS) is 16.6. The first-order valence-electron chi connectivity index (χ1n) is 5.91. The number of hydrogen-bond acceptors (Lipinski definition) is 4. The van der Waals surface area contributed by atoms with Gasteiger partial charge in [-0.2, -0.15) is 0 Å².